The minimum atomic E-state index is -0.111. The van der Waals surface area contributed by atoms with E-state index in [-0.39, 0.29) is 23.7 Å². The van der Waals surface area contributed by atoms with Gasteiger partial charge < -0.3 is 5.32 Å². The highest BCUT2D eigenvalue weighted by Crippen LogP contribution is 2.21. The van der Waals surface area contributed by atoms with Gasteiger partial charge in [-0.3, -0.25) is 14.9 Å². The van der Waals surface area contributed by atoms with Crippen molar-refractivity contribution in [1.29, 1.82) is 0 Å². The molecule has 2 aliphatic rings. The van der Waals surface area contributed by atoms with E-state index in [1.165, 1.54) is 0 Å². The number of hydrogen-bond donors (Lipinski definition) is 2. The average molecular weight is 140 g/mol. The summed E-state index contributed by atoms with van der Waals surface area (Å²) in [4.78, 5) is 21.8. The molecule has 0 unspecified atom stereocenters. The Kier molecular flexibility index (Phi) is 1.05. The second-order valence-corrected chi connectivity index (χ2v) is 2.72. The number of fused-ring (bicyclic) bond motifs is 1. The minimum Gasteiger partial charge on any atom is -0.315 e. The largest absolute Gasteiger partial charge is 0.315 e. The van der Waals surface area contributed by atoms with Crippen LogP contribution in [0.15, 0.2) is 0 Å². The third kappa shape index (κ3) is 0.593. The fourth-order valence-electron chi connectivity index (χ4n) is 1.54. The van der Waals surface area contributed by atoms with Crippen LogP contribution in [0, 0.1) is 11.8 Å². The smallest absolute Gasteiger partial charge is 0.231 e. The van der Waals surface area contributed by atoms with Gasteiger partial charge in [0.1, 0.15) is 0 Å². The molecule has 2 aliphatic heterocycles. The first-order valence-electron chi connectivity index (χ1n) is 3.34. The Balaban J connectivity index is 2.27. The van der Waals surface area contributed by atoms with Crippen molar-refractivity contribution in [3.63, 3.8) is 0 Å². The average Bonchev–Trinajstić information content (AvgIpc) is 2.39. The fraction of sp³-hybridized carbons (Fsp3) is 0.667. The Morgan fingerprint density at radius 1 is 1.10 bits per heavy atom. The van der Waals surface area contributed by atoms with Crippen LogP contribution < -0.4 is 10.6 Å². The van der Waals surface area contributed by atoms with Crippen LogP contribution in [-0.4, -0.2) is 24.9 Å². The molecule has 0 aromatic rings. The predicted octanol–water partition coefficient (Wildman–Crippen LogP) is -1.52. The van der Waals surface area contributed by atoms with E-state index in [2.05, 4.69) is 10.6 Å². The summed E-state index contributed by atoms with van der Waals surface area (Å²) < 4.78 is 0. The molecule has 2 amide bonds. The maximum atomic E-state index is 10.9. The normalized spacial score (nSPS) is 38.0. The van der Waals surface area contributed by atoms with E-state index in [1.807, 2.05) is 0 Å². The highest BCUT2D eigenvalue weighted by Gasteiger charge is 2.44. The molecule has 0 aromatic carbocycles. The van der Waals surface area contributed by atoms with Gasteiger partial charge in [0.2, 0.25) is 11.8 Å². The maximum Gasteiger partial charge on any atom is 0.231 e. The van der Waals surface area contributed by atoms with Crippen LogP contribution in [0.25, 0.3) is 0 Å². The van der Waals surface area contributed by atoms with Crippen molar-refractivity contribution in [3.05, 3.63) is 0 Å². The number of imide groups is 1. The summed E-state index contributed by atoms with van der Waals surface area (Å²) in [6.07, 6.45) is 0. The van der Waals surface area contributed by atoms with Crippen LogP contribution in [-0.2, 0) is 9.59 Å². The molecule has 0 radical (unpaired) electrons. The second kappa shape index (κ2) is 1.79. The summed E-state index contributed by atoms with van der Waals surface area (Å²) in [5, 5.41) is 5.30. The molecule has 0 bridgehead atoms. The van der Waals surface area contributed by atoms with E-state index >= 15 is 0 Å². The summed E-state index contributed by atoms with van der Waals surface area (Å²) in [6, 6.07) is 0. The second-order valence-electron chi connectivity index (χ2n) is 2.72. The van der Waals surface area contributed by atoms with E-state index < -0.39 is 0 Å². The Labute approximate surface area is 58.0 Å². The number of carbonyl (C=O) groups excluding carboxylic acids is 2. The molecular formula is C6H8N2O2. The molecule has 2 saturated heterocycles. The molecule has 0 spiro atoms. The van der Waals surface area contributed by atoms with Crippen LogP contribution in [0.5, 0.6) is 0 Å². The van der Waals surface area contributed by atoms with Gasteiger partial charge in [0.25, 0.3) is 0 Å². The quantitative estimate of drug-likeness (QED) is 0.402. The van der Waals surface area contributed by atoms with Crippen molar-refractivity contribution >= 4 is 11.8 Å². The van der Waals surface area contributed by atoms with Gasteiger partial charge >= 0.3 is 0 Å². The summed E-state index contributed by atoms with van der Waals surface area (Å²) >= 11 is 0. The van der Waals surface area contributed by atoms with Gasteiger partial charge in [-0.05, 0) is 0 Å². The standard InChI is InChI=1S/C6H8N2O2/c9-5-3-1-7-2-4(3)6(10)8-5/h3-4,7H,1-2H2,(H,8,9,10)/t3-,4+. The van der Waals surface area contributed by atoms with E-state index in [4.69, 9.17) is 0 Å². The number of amides is 2. The van der Waals surface area contributed by atoms with E-state index in [0.717, 1.165) is 0 Å². The van der Waals surface area contributed by atoms with Crippen molar-refractivity contribution in [3.8, 4) is 0 Å². The van der Waals surface area contributed by atoms with Crippen LogP contribution in [0.2, 0.25) is 0 Å². The zero-order valence-electron chi connectivity index (χ0n) is 5.39. The Morgan fingerprint density at radius 2 is 1.60 bits per heavy atom. The number of nitrogens with one attached hydrogen (secondary N) is 2. The summed E-state index contributed by atoms with van der Waals surface area (Å²) in [5.74, 6) is -0.403. The van der Waals surface area contributed by atoms with Gasteiger partial charge in [0.05, 0.1) is 11.8 Å². The lowest BCUT2D eigenvalue weighted by atomic mass is 10.00. The molecule has 54 valence electrons. The van der Waals surface area contributed by atoms with E-state index in [1.54, 1.807) is 0 Å². The van der Waals surface area contributed by atoms with Crippen molar-refractivity contribution in [2.75, 3.05) is 13.1 Å². The molecule has 4 nitrogen and oxygen atoms in total. The first kappa shape index (κ1) is 5.85. The van der Waals surface area contributed by atoms with Gasteiger partial charge in [-0.25, -0.2) is 0 Å². The van der Waals surface area contributed by atoms with Crippen LogP contribution >= 0.6 is 0 Å². The van der Waals surface area contributed by atoms with Crippen LogP contribution in [0.3, 0.4) is 0 Å². The summed E-state index contributed by atoms with van der Waals surface area (Å²) in [5.41, 5.74) is 0. The zero-order chi connectivity index (χ0) is 7.14. The monoisotopic (exact) mass is 140 g/mol. The Hall–Kier alpha value is -0.900. The van der Waals surface area contributed by atoms with Gasteiger partial charge in [-0.15, -0.1) is 0 Å². The highest BCUT2D eigenvalue weighted by atomic mass is 16.2. The molecule has 0 aliphatic carbocycles. The molecule has 2 heterocycles. The summed E-state index contributed by atoms with van der Waals surface area (Å²) in [7, 11) is 0. The van der Waals surface area contributed by atoms with Crippen molar-refractivity contribution in [2.45, 2.75) is 0 Å². The van der Waals surface area contributed by atoms with Gasteiger partial charge in [0, 0.05) is 13.1 Å². The van der Waals surface area contributed by atoms with Gasteiger partial charge in [-0.2, -0.15) is 0 Å². The lowest BCUT2D eigenvalue weighted by Gasteiger charge is -1.97. The predicted molar refractivity (Wildman–Crippen MR) is 33.0 cm³/mol. The lowest BCUT2D eigenvalue weighted by Crippen LogP contribution is -2.28. The van der Waals surface area contributed by atoms with E-state index in [0.29, 0.717) is 13.1 Å². The van der Waals surface area contributed by atoms with Gasteiger partial charge in [0.15, 0.2) is 0 Å². The first-order chi connectivity index (χ1) is 4.79. The Morgan fingerprint density at radius 3 is 2.10 bits per heavy atom. The molecule has 2 fully saturated rings. The Bertz CT molecular complexity index is 182. The first-order valence-corrected chi connectivity index (χ1v) is 3.34. The SMILES string of the molecule is O=C1NC(=O)[C@@H]2CNC[C@H]12. The fourth-order valence-corrected chi connectivity index (χ4v) is 1.54. The maximum absolute atomic E-state index is 10.9. The highest BCUT2D eigenvalue weighted by molar-refractivity contribution is 6.05. The third-order valence-electron chi connectivity index (χ3n) is 2.13. The molecule has 10 heavy (non-hydrogen) atoms. The number of carbonyl (C=O) groups is 2. The molecule has 2 rings (SSSR count). The van der Waals surface area contributed by atoms with Crippen molar-refractivity contribution < 1.29 is 9.59 Å². The van der Waals surface area contributed by atoms with Gasteiger partial charge in [-0.1, -0.05) is 0 Å². The molecule has 2 N–H and O–H groups in total. The number of hydrogen-bond acceptors (Lipinski definition) is 3. The minimum absolute atomic E-state index is 0.0903. The van der Waals surface area contributed by atoms with Crippen molar-refractivity contribution in [2.24, 2.45) is 11.8 Å². The van der Waals surface area contributed by atoms with Crippen LogP contribution in [0.4, 0.5) is 0 Å². The van der Waals surface area contributed by atoms with E-state index in [9.17, 15) is 9.59 Å². The summed E-state index contributed by atoms with van der Waals surface area (Å²) in [6.45, 7) is 1.31. The molecular weight excluding hydrogens is 132 g/mol. The topological polar surface area (TPSA) is 58.2 Å². The molecule has 2 atom stereocenters. The zero-order valence-corrected chi connectivity index (χ0v) is 5.39. The lowest BCUT2D eigenvalue weighted by molar-refractivity contribution is -0.126. The third-order valence-corrected chi connectivity index (χ3v) is 2.13. The van der Waals surface area contributed by atoms with Crippen molar-refractivity contribution in [1.82, 2.24) is 10.6 Å². The van der Waals surface area contributed by atoms with Crippen LogP contribution in [0.1, 0.15) is 0 Å². The number of rotatable bonds is 0. The molecule has 4 heteroatoms. The molecule has 0 aromatic heterocycles. The molecule has 0 saturated carbocycles.